The Hall–Kier alpha value is -3.83. The summed E-state index contributed by atoms with van der Waals surface area (Å²) in [6, 6.07) is 19.2. The van der Waals surface area contributed by atoms with Gasteiger partial charge in [-0.3, -0.25) is 0 Å². The number of benzene rings is 2. The van der Waals surface area contributed by atoms with E-state index in [0.29, 0.717) is 41.9 Å². The fourth-order valence-corrected chi connectivity index (χ4v) is 4.04. The van der Waals surface area contributed by atoms with Crippen molar-refractivity contribution in [3.63, 3.8) is 0 Å². The Bertz CT molecular complexity index is 1350. The molecule has 2 aromatic carbocycles. The second-order valence-corrected chi connectivity index (χ2v) is 8.59. The molecule has 0 fully saturated rings. The van der Waals surface area contributed by atoms with Gasteiger partial charge in [-0.2, -0.15) is 5.26 Å². The standard InChI is InChI=1S/C28H27ClN4O3/c1-20-22(5-4-6-26(20)33-10-2-3-11-33)19-36-28-15-27(23(14-25(28)29)17-31-9-12-34)35-18-21-7-8-32-24(13-21)16-30/h2-8,10-11,13-15,31,34H,9,12,17-19H2,1H3. The van der Waals surface area contributed by atoms with Gasteiger partial charge < -0.3 is 24.5 Å². The zero-order chi connectivity index (χ0) is 25.3. The van der Waals surface area contributed by atoms with E-state index < -0.39 is 0 Å². The van der Waals surface area contributed by atoms with Gasteiger partial charge in [0.1, 0.15) is 36.5 Å². The third kappa shape index (κ3) is 6.23. The molecule has 7 nitrogen and oxygen atoms in total. The van der Waals surface area contributed by atoms with Crippen molar-refractivity contribution in [2.75, 3.05) is 13.2 Å². The van der Waals surface area contributed by atoms with Crippen LogP contribution >= 0.6 is 11.6 Å². The number of pyridine rings is 1. The summed E-state index contributed by atoms with van der Waals surface area (Å²) in [5.74, 6) is 1.11. The van der Waals surface area contributed by atoms with Gasteiger partial charge >= 0.3 is 0 Å². The average molecular weight is 503 g/mol. The Balaban J connectivity index is 1.54. The van der Waals surface area contributed by atoms with Crippen LogP contribution in [0.4, 0.5) is 0 Å². The van der Waals surface area contributed by atoms with Crippen molar-refractivity contribution < 1.29 is 14.6 Å². The highest BCUT2D eigenvalue weighted by Gasteiger charge is 2.13. The molecule has 0 radical (unpaired) electrons. The number of hydrogen-bond donors (Lipinski definition) is 2. The molecule has 0 unspecified atom stereocenters. The van der Waals surface area contributed by atoms with Crippen molar-refractivity contribution in [2.45, 2.75) is 26.7 Å². The van der Waals surface area contributed by atoms with Crippen LogP contribution in [0.1, 0.15) is 27.9 Å². The quantitative estimate of drug-likeness (QED) is 0.282. The molecule has 4 rings (SSSR count). The monoisotopic (exact) mass is 502 g/mol. The lowest BCUT2D eigenvalue weighted by molar-refractivity contribution is 0.282. The van der Waals surface area contributed by atoms with E-state index in [2.05, 4.69) is 27.9 Å². The zero-order valence-corrected chi connectivity index (χ0v) is 20.7. The molecule has 0 saturated heterocycles. The van der Waals surface area contributed by atoms with Crippen LogP contribution < -0.4 is 14.8 Å². The summed E-state index contributed by atoms with van der Waals surface area (Å²) in [5.41, 5.74) is 5.26. The summed E-state index contributed by atoms with van der Waals surface area (Å²) >= 11 is 6.58. The van der Waals surface area contributed by atoms with Crippen LogP contribution in [-0.4, -0.2) is 27.8 Å². The molecule has 0 spiro atoms. The maximum absolute atomic E-state index is 9.12. The van der Waals surface area contributed by atoms with E-state index in [0.717, 1.165) is 27.9 Å². The van der Waals surface area contributed by atoms with Crippen molar-refractivity contribution in [2.24, 2.45) is 0 Å². The Kier molecular flexibility index (Phi) is 8.58. The number of rotatable bonds is 11. The molecular formula is C28H27ClN4O3. The number of ether oxygens (including phenoxy) is 2. The number of aliphatic hydroxyl groups excluding tert-OH is 1. The van der Waals surface area contributed by atoms with Crippen molar-refractivity contribution in [3.8, 4) is 23.3 Å². The molecule has 2 aromatic heterocycles. The summed E-state index contributed by atoms with van der Waals surface area (Å²) in [6.45, 7) is 3.61. The zero-order valence-electron chi connectivity index (χ0n) is 19.9. The molecule has 0 aliphatic carbocycles. The van der Waals surface area contributed by atoms with Gasteiger partial charge in [0, 0.05) is 49.0 Å². The third-order valence-electron chi connectivity index (χ3n) is 5.74. The minimum atomic E-state index is 0.0283. The van der Waals surface area contributed by atoms with Gasteiger partial charge in [0.05, 0.1) is 11.6 Å². The lowest BCUT2D eigenvalue weighted by atomic mass is 10.1. The van der Waals surface area contributed by atoms with E-state index in [1.165, 1.54) is 0 Å². The first-order valence-electron chi connectivity index (χ1n) is 11.6. The number of nitrogens with one attached hydrogen (secondary N) is 1. The third-order valence-corrected chi connectivity index (χ3v) is 6.03. The van der Waals surface area contributed by atoms with Gasteiger partial charge in [-0.15, -0.1) is 0 Å². The fourth-order valence-electron chi connectivity index (χ4n) is 3.80. The SMILES string of the molecule is Cc1c(COc2cc(OCc3ccnc(C#N)c3)c(CNCCO)cc2Cl)cccc1-n1cccc1. The van der Waals surface area contributed by atoms with Crippen molar-refractivity contribution in [1.29, 1.82) is 5.26 Å². The smallest absolute Gasteiger partial charge is 0.142 e. The molecule has 0 saturated carbocycles. The molecule has 8 heteroatoms. The highest BCUT2D eigenvalue weighted by Crippen LogP contribution is 2.34. The van der Waals surface area contributed by atoms with E-state index in [4.69, 9.17) is 31.4 Å². The van der Waals surface area contributed by atoms with Gasteiger partial charge in [-0.1, -0.05) is 23.7 Å². The summed E-state index contributed by atoms with van der Waals surface area (Å²) in [4.78, 5) is 4.00. The van der Waals surface area contributed by atoms with E-state index in [-0.39, 0.29) is 13.2 Å². The summed E-state index contributed by atoms with van der Waals surface area (Å²) in [7, 11) is 0. The lowest BCUT2D eigenvalue weighted by Crippen LogP contribution is -2.18. The van der Waals surface area contributed by atoms with Crippen LogP contribution in [-0.2, 0) is 19.8 Å². The largest absolute Gasteiger partial charge is 0.488 e. The number of aromatic nitrogens is 2. The van der Waals surface area contributed by atoms with Gasteiger partial charge in [0.15, 0.2) is 0 Å². The molecule has 0 bridgehead atoms. The van der Waals surface area contributed by atoms with Crippen molar-refractivity contribution in [1.82, 2.24) is 14.9 Å². The Labute approximate surface area is 215 Å². The first-order chi connectivity index (χ1) is 17.6. The molecule has 0 amide bonds. The van der Waals surface area contributed by atoms with Crippen LogP contribution in [0.25, 0.3) is 5.69 Å². The molecule has 184 valence electrons. The highest BCUT2D eigenvalue weighted by molar-refractivity contribution is 6.32. The lowest BCUT2D eigenvalue weighted by Gasteiger charge is -2.17. The average Bonchev–Trinajstić information content (AvgIpc) is 3.43. The molecule has 2 heterocycles. The molecule has 4 aromatic rings. The van der Waals surface area contributed by atoms with Gasteiger partial charge in [-0.05, 0) is 60.0 Å². The summed E-state index contributed by atoms with van der Waals surface area (Å²) in [5, 5.41) is 21.9. The molecule has 0 atom stereocenters. The second-order valence-electron chi connectivity index (χ2n) is 8.18. The molecular weight excluding hydrogens is 476 g/mol. The second kappa shape index (κ2) is 12.2. The number of aliphatic hydroxyl groups is 1. The minimum absolute atomic E-state index is 0.0283. The minimum Gasteiger partial charge on any atom is -0.488 e. The molecule has 0 aliphatic rings. The summed E-state index contributed by atoms with van der Waals surface area (Å²) in [6.07, 6.45) is 5.61. The fraction of sp³-hybridized carbons (Fsp3) is 0.214. The maximum atomic E-state index is 9.12. The van der Waals surface area contributed by atoms with Crippen molar-refractivity contribution in [3.05, 3.63) is 106 Å². The first-order valence-corrected chi connectivity index (χ1v) is 11.9. The van der Waals surface area contributed by atoms with E-state index in [1.54, 1.807) is 24.4 Å². The Morgan fingerprint density at radius 1 is 1.03 bits per heavy atom. The predicted octanol–water partition coefficient (Wildman–Crippen LogP) is 4.95. The van der Waals surface area contributed by atoms with E-state index in [1.807, 2.05) is 48.8 Å². The first kappa shape index (κ1) is 25.3. The Morgan fingerprint density at radius 3 is 2.61 bits per heavy atom. The van der Waals surface area contributed by atoms with E-state index in [9.17, 15) is 0 Å². The van der Waals surface area contributed by atoms with E-state index >= 15 is 0 Å². The summed E-state index contributed by atoms with van der Waals surface area (Å²) < 4.78 is 14.3. The Morgan fingerprint density at radius 2 is 1.83 bits per heavy atom. The maximum Gasteiger partial charge on any atom is 0.142 e. The number of nitriles is 1. The van der Waals surface area contributed by atoms with Crippen molar-refractivity contribution >= 4 is 11.6 Å². The van der Waals surface area contributed by atoms with Gasteiger partial charge in [0.25, 0.3) is 0 Å². The molecule has 0 aliphatic heterocycles. The van der Waals surface area contributed by atoms with Crippen LogP contribution in [0, 0.1) is 18.3 Å². The van der Waals surface area contributed by atoms with Crippen LogP contribution in [0.15, 0.2) is 73.2 Å². The number of hydrogen-bond acceptors (Lipinski definition) is 6. The van der Waals surface area contributed by atoms with Crippen LogP contribution in [0.5, 0.6) is 11.5 Å². The topological polar surface area (TPSA) is 92.3 Å². The predicted molar refractivity (Wildman–Crippen MR) is 138 cm³/mol. The van der Waals surface area contributed by atoms with Crippen LogP contribution in [0.2, 0.25) is 5.02 Å². The number of halogens is 1. The van der Waals surface area contributed by atoms with Gasteiger partial charge in [0.2, 0.25) is 0 Å². The normalized spacial score (nSPS) is 10.7. The highest BCUT2D eigenvalue weighted by atomic mass is 35.5. The molecule has 2 N–H and O–H groups in total. The number of nitrogens with zero attached hydrogens (tertiary/aromatic N) is 3. The van der Waals surface area contributed by atoms with Crippen LogP contribution in [0.3, 0.4) is 0 Å². The van der Waals surface area contributed by atoms with Gasteiger partial charge in [-0.25, -0.2) is 4.98 Å². The molecule has 36 heavy (non-hydrogen) atoms.